The monoisotopic (exact) mass is 266 g/mol. The first-order chi connectivity index (χ1) is 9.11. The molecular formula is C15H22O4. The van der Waals surface area contributed by atoms with Crippen LogP contribution in [-0.2, 0) is 11.3 Å². The Labute approximate surface area is 113 Å². The Kier molecular flexibility index (Phi) is 4.64. The van der Waals surface area contributed by atoms with Gasteiger partial charge in [-0.2, -0.15) is 0 Å². The molecule has 1 heterocycles. The summed E-state index contributed by atoms with van der Waals surface area (Å²) < 4.78 is 11.2. The number of aryl methyl sites for hydroxylation is 1. The zero-order valence-corrected chi connectivity index (χ0v) is 11.6. The van der Waals surface area contributed by atoms with Gasteiger partial charge >= 0.3 is 5.97 Å². The smallest absolute Gasteiger partial charge is 0.372 e. The number of hydrogen-bond acceptors (Lipinski definition) is 3. The lowest BCUT2D eigenvalue weighted by Gasteiger charge is -2.30. The van der Waals surface area contributed by atoms with Crippen LogP contribution in [0, 0.1) is 12.8 Å². The van der Waals surface area contributed by atoms with Crippen LogP contribution in [0.4, 0.5) is 0 Å². The standard InChI is InChI=1S/C15H22O4/c1-3-11-6-4-5-7-13(11)18-9-12-8-10(2)14(19-12)15(16)17/h8,11,13H,3-7,9H2,1-2H3,(H,16,17). The van der Waals surface area contributed by atoms with Crippen molar-refractivity contribution in [2.45, 2.75) is 58.7 Å². The van der Waals surface area contributed by atoms with E-state index in [4.69, 9.17) is 14.3 Å². The average Bonchev–Trinajstić information content (AvgIpc) is 2.78. The number of carboxylic acids is 1. The van der Waals surface area contributed by atoms with Crippen molar-refractivity contribution in [3.8, 4) is 0 Å². The summed E-state index contributed by atoms with van der Waals surface area (Å²) in [5.74, 6) is 0.237. The highest BCUT2D eigenvalue weighted by Gasteiger charge is 2.25. The van der Waals surface area contributed by atoms with E-state index in [1.165, 1.54) is 19.3 Å². The molecule has 2 rings (SSSR count). The molecule has 0 spiro atoms. The van der Waals surface area contributed by atoms with E-state index in [2.05, 4.69) is 6.92 Å². The van der Waals surface area contributed by atoms with E-state index < -0.39 is 5.97 Å². The Morgan fingerprint density at radius 2 is 2.21 bits per heavy atom. The number of furan rings is 1. The van der Waals surface area contributed by atoms with Crippen LogP contribution in [0.5, 0.6) is 0 Å². The molecule has 0 aromatic carbocycles. The van der Waals surface area contributed by atoms with Gasteiger partial charge in [0, 0.05) is 5.56 Å². The molecule has 4 nitrogen and oxygen atoms in total. The molecule has 1 aliphatic carbocycles. The van der Waals surface area contributed by atoms with Crippen LogP contribution in [0.25, 0.3) is 0 Å². The quantitative estimate of drug-likeness (QED) is 0.881. The fraction of sp³-hybridized carbons (Fsp3) is 0.667. The molecule has 1 aliphatic rings. The first kappa shape index (κ1) is 14.1. The third kappa shape index (κ3) is 3.38. The maximum Gasteiger partial charge on any atom is 0.372 e. The van der Waals surface area contributed by atoms with E-state index in [0.717, 1.165) is 12.8 Å². The Hall–Kier alpha value is -1.29. The number of ether oxygens (including phenoxy) is 1. The van der Waals surface area contributed by atoms with Crippen LogP contribution < -0.4 is 0 Å². The summed E-state index contributed by atoms with van der Waals surface area (Å²) in [5.41, 5.74) is 0.654. The highest BCUT2D eigenvalue weighted by molar-refractivity contribution is 5.86. The lowest BCUT2D eigenvalue weighted by atomic mass is 9.85. The average molecular weight is 266 g/mol. The zero-order valence-electron chi connectivity index (χ0n) is 11.6. The molecular weight excluding hydrogens is 244 g/mol. The minimum Gasteiger partial charge on any atom is -0.475 e. The number of aromatic carboxylic acids is 1. The van der Waals surface area contributed by atoms with Gasteiger partial charge in [0.1, 0.15) is 12.4 Å². The molecule has 1 saturated carbocycles. The summed E-state index contributed by atoms with van der Waals surface area (Å²) in [6.45, 7) is 4.31. The molecule has 2 atom stereocenters. The summed E-state index contributed by atoms with van der Waals surface area (Å²) >= 11 is 0. The van der Waals surface area contributed by atoms with Gasteiger partial charge in [0.25, 0.3) is 0 Å². The number of hydrogen-bond donors (Lipinski definition) is 1. The Balaban J connectivity index is 1.94. The van der Waals surface area contributed by atoms with Crippen LogP contribution in [0.1, 0.15) is 60.9 Å². The second kappa shape index (κ2) is 6.24. The predicted molar refractivity (Wildman–Crippen MR) is 71.2 cm³/mol. The lowest BCUT2D eigenvalue weighted by Crippen LogP contribution is -2.27. The predicted octanol–water partition coefficient (Wildman–Crippen LogP) is 3.77. The van der Waals surface area contributed by atoms with E-state index in [-0.39, 0.29) is 11.9 Å². The van der Waals surface area contributed by atoms with Crippen LogP contribution in [-0.4, -0.2) is 17.2 Å². The van der Waals surface area contributed by atoms with Crippen molar-refractivity contribution in [2.24, 2.45) is 5.92 Å². The SMILES string of the molecule is CCC1CCCCC1OCc1cc(C)c(C(=O)O)o1. The molecule has 0 saturated heterocycles. The van der Waals surface area contributed by atoms with Crippen LogP contribution in [0.3, 0.4) is 0 Å². The van der Waals surface area contributed by atoms with Gasteiger partial charge in [-0.05, 0) is 31.7 Å². The molecule has 19 heavy (non-hydrogen) atoms. The van der Waals surface area contributed by atoms with Gasteiger partial charge in [-0.3, -0.25) is 0 Å². The number of carboxylic acid groups (broad SMARTS) is 1. The fourth-order valence-corrected chi connectivity index (χ4v) is 2.88. The summed E-state index contributed by atoms with van der Waals surface area (Å²) in [6.07, 6.45) is 6.28. The highest BCUT2D eigenvalue weighted by Crippen LogP contribution is 2.30. The van der Waals surface area contributed by atoms with Crippen molar-refractivity contribution < 1.29 is 19.1 Å². The normalized spacial score (nSPS) is 23.5. The molecule has 2 unspecified atom stereocenters. The molecule has 1 N–H and O–H groups in total. The fourth-order valence-electron chi connectivity index (χ4n) is 2.88. The van der Waals surface area contributed by atoms with Crippen molar-refractivity contribution in [1.82, 2.24) is 0 Å². The molecule has 0 bridgehead atoms. The van der Waals surface area contributed by atoms with Gasteiger partial charge in [0.2, 0.25) is 5.76 Å². The first-order valence-electron chi connectivity index (χ1n) is 7.06. The maximum absolute atomic E-state index is 10.9. The Morgan fingerprint density at radius 3 is 2.84 bits per heavy atom. The van der Waals surface area contributed by atoms with Gasteiger partial charge in [-0.25, -0.2) is 4.79 Å². The Bertz CT molecular complexity index is 435. The zero-order chi connectivity index (χ0) is 13.8. The van der Waals surface area contributed by atoms with E-state index in [0.29, 0.717) is 23.8 Å². The van der Waals surface area contributed by atoms with Crippen molar-refractivity contribution in [3.05, 3.63) is 23.2 Å². The summed E-state index contributed by atoms with van der Waals surface area (Å²) in [7, 11) is 0. The van der Waals surface area contributed by atoms with Gasteiger partial charge < -0.3 is 14.3 Å². The largest absolute Gasteiger partial charge is 0.475 e. The maximum atomic E-state index is 10.9. The second-order valence-corrected chi connectivity index (χ2v) is 5.33. The minimum atomic E-state index is -1.02. The molecule has 4 heteroatoms. The van der Waals surface area contributed by atoms with Gasteiger partial charge in [-0.1, -0.05) is 26.2 Å². The minimum absolute atomic E-state index is 0.0225. The van der Waals surface area contributed by atoms with E-state index in [1.54, 1.807) is 13.0 Å². The van der Waals surface area contributed by atoms with Crippen molar-refractivity contribution >= 4 is 5.97 Å². The number of rotatable bonds is 5. The van der Waals surface area contributed by atoms with Crippen molar-refractivity contribution in [3.63, 3.8) is 0 Å². The molecule has 0 amide bonds. The molecule has 1 aromatic heterocycles. The van der Waals surface area contributed by atoms with E-state index in [1.807, 2.05) is 0 Å². The van der Waals surface area contributed by atoms with E-state index in [9.17, 15) is 4.79 Å². The van der Waals surface area contributed by atoms with Crippen molar-refractivity contribution in [1.29, 1.82) is 0 Å². The molecule has 106 valence electrons. The summed E-state index contributed by atoms with van der Waals surface area (Å²) in [6, 6.07) is 1.76. The summed E-state index contributed by atoms with van der Waals surface area (Å²) in [5, 5.41) is 8.94. The van der Waals surface area contributed by atoms with Crippen LogP contribution in [0.2, 0.25) is 0 Å². The highest BCUT2D eigenvalue weighted by atomic mass is 16.5. The topological polar surface area (TPSA) is 59.7 Å². The third-order valence-corrected chi connectivity index (χ3v) is 3.97. The Morgan fingerprint density at radius 1 is 1.47 bits per heavy atom. The van der Waals surface area contributed by atoms with Gasteiger partial charge in [0.15, 0.2) is 0 Å². The van der Waals surface area contributed by atoms with Gasteiger partial charge in [-0.15, -0.1) is 0 Å². The first-order valence-corrected chi connectivity index (χ1v) is 7.06. The molecule has 1 aromatic rings. The second-order valence-electron chi connectivity index (χ2n) is 5.33. The van der Waals surface area contributed by atoms with Crippen LogP contribution >= 0.6 is 0 Å². The van der Waals surface area contributed by atoms with Crippen molar-refractivity contribution in [2.75, 3.05) is 0 Å². The third-order valence-electron chi connectivity index (χ3n) is 3.97. The molecule has 0 radical (unpaired) electrons. The molecule has 1 fully saturated rings. The molecule has 0 aliphatic heterocycles. The van der Waals surface area contributed by atoms with Gasteiger partial charge in [0.05, 0.1) is 6.10 Å². The lowest BCUT2D eigenvalue weighted by molar-refractivity contribution is -0.0286. The number of carbonyl (C=O) groups is 1. The van der Waals surface area contributed by atoms with Crippen LogP contribution in [0.15, 0.2) is 10.5 Å². The van der Waals surface area contributed by atoms with E-state index >= 15 is 0 Å². The summed E-state index contributed by atoms with van der Waals surface area (Å²) in [4.78, 5) is 10.9.